The van der Waals surface area contributed by atoms with Crippen molar-refractivity contribution >= 4 is 44.1 Å². The number of likely N-dealkylation sites (N-methyl/N-ethyl adjacent to an activating group) is 1. The molecule has 152 valence electrons. The number of aromatic nitrogens is 1. The lowest BCUT2D eigenvalue weighted by atomic mass is 10.0. The molecule has 6 heteroatoms. The molecule has 0 aliphatic carbocycles. The topological polar surface area (TPSA) is 31.4 Å². The molecule has 1 aromatic heterocycles. The number of piperazine rings is 1. The molecule has 1 aliphatic heterocycles. The summed E-state index contributed by atoms with van der Waals surface area (Å²) in [6.45, 7) is 5.23. The molecule has 2 heterocycles. The fourth-order valence-corrected chi connectivity index (χ4v) is 4.74. The predicted molar refractivity (Wildman–Crippen MR) is 126 cm³/mol. The van der Waals surface area contributed by atoms with Gasteiger partial charge in [0.1, 0.15) is 0 Å². The van der Waals surface area contributed by atoms with E-state index in [0.29, 0.717) is 11.1 Å². The minimum Gasteiger partial charge on any atom is -0.383 e. The SMILES string of the molecule is CN1CCN(CCCNc2c(Cl)cnc3c(Br)cccc23)C(c2ccccc2)C1. The normalized spacial score (nSPS) is 18.2. The zero-order valence-electron chi connectivity index (χ0n) is 16.6. The molecule has 1 atom stereocenters. The van der Waals surface area contributed by atoms with Gasteiger partial charge in [0.05, 0.1) is 16.2 Å². The minimum atomic E-state index is 0.455. The first-order chi connectivity index (χ1) is 14.1. The zero-order chi connectivity index (χ0) is 20.2. The first-order valence-corrected chi connectivity index (χ1v) is 11.2. The van der Waals surface area contributed by atoms with Gasteiger partial charge in [-0.25, -0.2) is 0 Å². The molecule has 0 amide bonds. The zero-order valence-corrected chi connectivity index (χ0v) is 19.0. The van der Waals surface area contributed by atoms with E-state index < -0.39 is 0 Å². The van der Waals surface area contributed by atoms with Crippen LogP contribution >= 0.6 is 27.5 Å². The third-order valence-electron chi connectivity index (χ3n) is 5.60. The van der Waals surface area contributed by atoms with Crippen molar-refractivity contribution in [2.45, 2.75) is 12.5 Å². The fraction of sp³-hybridized carbons (Fsp3) is 0.348. The highest BCUT2D eigenvalue weighted by Gasteiger charge is 2.25. The number of hydrogen-bond donors (Lipinski definition) is 1. The fourth-order valence-electron chi connectivity index (χ4n) is 4.05. The van der Waals surface area contributed by atoms with Gasteiger partial charge in [-0.2, -0.15) is 0 Å². The number of anilines is 1. The van der Waals surface area contributed by atoms with Gasteiger partial charge in [0.25, 0.3) is 0 Å². The first-order valence-electron chi connectivity index (χ1n) is 10.1. The van der Waals surface area contributed by atoms with Crippen molar-refractivity contribution in [3.8, 4) is 0 Å². The summed E-state index contributed by atoms with van der Waals surface area (Å²) >= 11 is 10.0. The number of pyridine rings is 1. The quantitative estimate of drug-likeness (QED) is 0.483. The molecule has 4 rings (SSSR count). The number of para-hydroxylation sites is 1. The third-order valence-corrected chi connectivity index (χ3v) is 6.53. The molecule has 3 aromatic rings. The number of rotatable bonds is 6. The summed E-state index contributed by atoms with van der Waals surface area (Å²) in [5, 5.41) is 5.27. The Hall–Kier alpha value is -1.66. The van der Waals surface area contributed by atoms with Crippen LogP contribution in [0.3, 0.4) is 0 Å². The molecule has 0 bridgehead atoms. The smallest absolute Gasteiger partial charge is 0.0865 e. The maximum Gasteiger partial charge on any atom is 0.0865 e. The van der Waals surface area contributed by atoms with Crippen molar-refractivity contribution in [1.82, 2.24) is 14.8 Å². The van der Waals surface area contributed by atoms with E-state index in [1.54, 1.807) is 6.20 Å². The molecule has 0 saturated carbocycles. The van der Waals surface area contributed by atoms with Crippen LogP contribution in [0.4, 0.5) is 5.69 Å². The average molecular weight is 474 g/mol. The van der Waals surface area contributed by atoms with Crippen LogP contribution in [0.2, 0.25) is 5.02 Å². The van der Waals surface area contributed by atoms with Gasteiger partial charge < -0.3 is 10.2 Å². The van der Waals surface area contributed by atoms with E-state index in [1.807, 2.05) is 12.1 Å². The van der Waals surface area contributed by atoms with Crippen LogP contribution in [-0.2, 0) is 0 Å². The van der Waals surface area contributed by atoms with E-state index in [0.717, 1.165) is 60.2 Å². The number of benzene rings is 2. The van der Waals surface area contributed by atoms with E-state index in [-0.39, 0.29) is 0 Å². The molecule has 4 nitrogen and oxygen atoms in total. The first kappa shape index (κ1) is 20.6. The summed E-state index contributed by atoms with van der Waals surface area (Å²) in [7, 11) is 2.21. The molecule has 1 fully saturated rings. The standard InChI is InChI=1S/C23H26BrClN4/c1-28-13-14-29(21(16-28)17-7-3-2-4-8-17)12-6-11-26-23-18-9-5-10-19(24)22(18)27-15-20(23)25/h2-5,7-10,15,21H,6,11-14,16H2,1H3,(H,26,27). The van der Waals surface area contributed by atoms with Crippen molar-refractivity contribution in [2.75, 3.05) is 45.1 Å². The van der Waals surface area contributed by atoms with Gasteiger partial charge in [0.15, 0.2) is 0 Å². The van der Waals surface area contributed by atoms with Gasteiger partial charge in [0.2, 0.25) is 0 Å². The average Bonchev–Trinajstić information content (AvgIpc) is 2.74. The van der Waals surface area contributed by atoms with Crippen LogP contribution in [-0.4, -0.2) is 54.6 Å². The van der Waals surface area contributed by atoms with Gasteiger partial charge in [-0.1, -0.05) is 54.1 Å². The number of fused-ring (bicyclic) bond motifs is 1. The summed E-state index contributed by atoms with van der Waals surface area (Å²) in [6.07, 6.45) is 2.78. The summed E-state index contributed by atoms with van der Waals surface area (Å²) in [5.74, 6) is 0. The van der Waals surface area contributed by atoms with Gasteiger partial charge >= 0.3 is 0 Å². The van der Waals surface area contributed by atoms with Crippen LogP contribution in [0.5, 0.6) is 0 Å². The summed E-state index contributed by atoms with van der Waals surface area (Å²) in [5.41, 5.74) is 3.30. The second-order valence-electron chi connectivity index (χ2n) is 7.62. The molecule has 1 unspecified atom stereocenters. The second-order valence-corrected chi connectivity index (χ2v) is 8.88. The molecule has 0 spiro atoms. The number of nitrogens with zero attached hydrogens (tertiary/aromatic N) is 3. The summed E-state index contributed by atoms with van der Waals surface area (Å²) in [4.78, 5) is 9.50. The largest absolute Gasteiger partial charge is 0.383 e. The van der Waals surface area contributed by atoms with Crippen molar-refractivity contribution in [1.29, 1.82) is 0 Å². The van der Waals surface area contributed by atoms with Crippen LogP contribution in [0.15, 0.2) is 59.2 Å². The van der Waals surface area contributed by atoms with E-state index >= 15 is 0 Å². The lowest BCUT2D eigenvalue weighted by Gasteiger charge is -2.40. The van der Waals surface area contributed by atoms with Crippen LogP contribution in [0, 0.1) is 0 Å². The molecule has 1 saturated heterocycles. The maximum absolute atomic E-state index is 6.45. The Morgan fingerprint density at radius 2 is 1.97 bits per heavy atom. The monoisotopic (exact) mass is 472 g/mol. The highest BCUT2D eigenvalue weighted by atomic mass is 79.9. The molecular weight excluding hydrogens is 448 g/mol. The van der Waals surface area contributed by atoms with E-state index in [1.165, 1.54) is 5.56 Å². The Kier molecular flexibility index (Phi) is 6.70. The molecular formula is C23H26BrClN4. The number of nitrogens with one attached hydrogen (secondary N) is 1. The third kappa shape index (κ3) is 4.75. The van der Waals surface area contributed by atoms with Crippen molar-refractivity contribution in [3.63, 3.8) is 0 Å². The molecule has 1 N–H and O–H groups in total. The highest BCUT2D eigenvalue weighted by Crippen LogP contribution is 2.33. The van der Waals surface area contributed by atoms with Crippen molar-refractivity contribution < 1.29 is 0 Å². The van der Waals surface area contributed by atoms with E-state index in [9.17, 15) is 0 Å². The lowest BCUT2D eigenvalue weighted by molar-refractivity contribution is 0.0897. The van der Waals surface area contributed by atoms with Crippen molar-refractivity contribution in [2.24, 2.45) is 0 Å². The Balaban J connectivity index is 1.41. The number of halogens is 2. The van der Waals surface area contributed by atoms with Crippen LogP contribution in [0.25, 0.3) is 10.9 Å². The summed E-state index contributed by atoms with van der Waals surface area (Å²) in [6, 6.07) is 17.4. The van der Waals surface area contributed by atoms with E-state index in [2.05, 4.69) is 79.5 Å². The molecule has 1 aliphatic rings. The van der Waals surface area contributed by atoms with Crippen molar-refractivity contribution in [3.05, 3.63) is 69.8 Å². The Bertz CT molecular complexity index is 966. The highest BCUT2D eigenvalue weighted by molar-refractivity contribution is 9.10. The van der Waals surface area contributed by atoms with Gasteiger partial charge in [0, 0.05) is 54.8 Å². The molecule has 0 radical (unpaired) electrons. The Labute approximate surface area is 186 Å². The maximum atomic E-state index is 6.45. The van der Waals surface area contributed by atoms with E-state index in [4.69, 9.17) is 11.6 Å². The van der Waals surface area contributed by atoms with Gasteiger partial charge in [-0.15, -0.1) is 0 Å². The minimum absolute atomic E-state index is 0.455. The molecule has 2 aromatic carbocycles. The van der Waals surface area contributed by atoms with Crippen LogP contribution in [0.1, 0.15) is 18.0 Å². The van der Waals surface area contributed by atoms with Crippen LogP contribution < -0.4 is 5.32 Å². The molecule has 29 heavy (non-hydrogen) atoms. The lowest BCUT2D eigenvalue weighted by Crippen LogP contribution is -2.47. The Morgan fingerprint density at radius 1 is 1.14 bits per heavy atom. The second kappa shape index (κ2) is 9.43. The summed E-state index contributed by atoms with van der Waals surface area (Å²) < 4.78 is 0.984. The van der Waals surface area contributed by atoms with Gasteiger partial charge in [-0.05, 0) is 41.0 Å². The van der Waals surface area contributed by atoms with Gasteiger partial charge in [-0.3, -0.25) is 9.88 Å². The Morgan fingerprint density at radius 3 is 2.79 bits per heavy atom. The predicted octanol–water partition coefficient (Wildman–Crippen LogP) is 5.44. The number of hydrogen-bond acceptors (Lipinski definition) is 4.